The van der Waals surface area contributed by atoms with Crippen LogP contribution < -0.4 is 10.6 Å². The number of hydrogen-bond acceptors (Lipinski definition) is 4. The lowest BCUT2D eigenvalue weighted by Crippen LogP contribution is -2.52. The second kappa shape index (κ2) is 6.90. The quantitative estimate of drug-likeness (QED) is 0.786. The van der Waals surface area contributed by atoms with E-state index >= 15 is 0 Å². The molecule has 3 unspecified atom stereocenters. The first-order valence-electron chi connectivity index (χ1n) is 8.85. The summed E-state index contributed by atoms with van der Waals surface area (Å²) < 4.78 is 0. The Balaban J connectivity index is 1.74. The van der Waals surface area contributed by atoms with E-state index < -0.39 is 23.8 Å². The Hall–Kier alpha value is -2.70. The predicted molar refractivity (Wildman–Crippen MR) is 94.5 cm³/mol. The van der Waals surface area contributed by atoms with Crippen LogP contribution in [0.1, 0.15) is 52.5 Å². The molecule has 2 aliphatic rings. The molecule has 7 heteroatoms. The zero-order valence-electron chi connectivity index (χ0n) is 15.2. The summed E-state index contributed by atoms with van der Waals surface area (Å²) in [5, 5.41) is 5.47. The number of nitrogens with zero attached hydrogens (tertiary/aromatic N) is 1. The van der Waals surface area contributed by atoms with Crippen molar-refractivity contribution in [1.29, 1.82) is 0 Å². The molecule has 7 nitrogen and oxygen atoms in total. The van der Waals surface area contributed by atoms with Gasteiger partial charge in [0.05, 0.1) is 17.0 Å². The van der Waals surface area contributed by atoms with Crippen LogP contribution in [0, 0.1) is 12.8 Å². The van der Waals surface area contributed by atoms with E-state index in [1.54, 1.807) is 25.2 Å². The number of hydrogen-bond donors (Lipinski definition) is 2. The van der Waals surface area contributed by atoms with Crippen molar-refractivity contribution < 1.29 is 19.2 Å². The minimum Gasteiger partial charge on any atom is -0.359 e. The molecule has 3 atom stereocenters. The van der Waals surface area contributed by atoms with Crippen LogP contribution in [-0.4, -0.2) is 47.7 Å². The van der Waals surface area contributed by atoms with Crippen LogP contribution in [0.15, 0.2) is 18.2 Å². The van der Waals surface area contributed by atoms with E-state index in [4.69, 9.17) is 0 Å². The maximum absolute atomic E-state index is 12.7. The molecule has 1 aromatic rings. The minimum atomic E-state index is -0.936. The molecule has 1 aliphatic carbocycles. The highest BCUT2D eigenvalue weighted by molar-refractivity contribution is 6.22. The summed E-state index contributed by atoms with van der Waals surface area (Å²) in [5.74, 6) is -1.71. The number of benzene rings is 1. The molecular formula is C19H23N3O4. The van der Waals surface area contributed by atoms with Gasteiger partial charge in [-0.15, -0.1) is 0 Å². The molecule has 0 radical (unpaired) electrons. The van der Waals surface area contributed by atoms with Crippen molar-refractivity contribution in [3.63, 3.8) is 0 Å². The van der Waals surface area contributed by atoms with Gasteiger partial charge >= 0.3 is 0 Å². The van der Waals surface area contributed by atoms with Crippen molar-refractivity contribution in [3.05, 3.63) is 34.9 Å². The Morgan fingerprint density at radius 2 is 1.85 bits per heavy atom. The van der Waals surface area contributed by atoms with Gasteiger partial charge in [-0.1, -0.05) is 18.1 Å². The van der Waals surface area contributed by atoms with Crippen LogP contribution in [0.25, 0.3) is 0 Å². The number of carbonyl (C=O) groups is 4. The first kappa shape index (κ1) is 18.1. The van der Waals surface area contributed by atoms with Crippen LogP contribution in [0.2, 0.25) is 0 Å². The van der Waals surface area contributed by atoms with Gasteiger partial charge in [-0.05, 0) is 38.8 Å². The van der Waals surface area contributed by atoms with E-state index in [1.165, 1.54) is 6.92 Å². The van der Waals surface area contributed by atoms with E-state index in [1.807, 2.05) is 6.92 Å². The third-order valence-electron chi connectivity index (χ3n) is 5.27. The van der Waals surface area contributed by atoms with Crippen molar-refractivity contribution in [2.24, 2.45) is 5.92 Å². The Bertz CT molecular complexity index is 789. The molecule has 138 valence electrons. The molecule has 26 heavy (non-hydrogen) atoms. The Labute approximate surface area is 152 Å². The maximum atomic E-state index is 12.7. The average molecular weight is 357 g/mol. The molecule has 1 aliphatic heterocycles. The average Bonchev–Trinajstić information content (AvgIpc) is 3.17. The minimum absolute atomic E-state index is 0.100. The highest BCUT2D eigenvalue weighted by Gasteiger charge is 2.42. The summed E-state index contributed by atoms with van der Waals surface area (Å²) >= 11 is 0. The molecule has 0 spiro atoms. The van der Waals surface area contributed by atoms with Gasteiger partial charge in [-0.3, -0.25) is 24.1 Å². The van der Waals surface area contributed by atoms with E-state index in [0.29, 0.717) is 24.0 Å². The van der Waals surface area contributed by atoms with Crippen LogP contribution >= 0.6 is 0 Å². The first-order chi connectivity index (χ1) is 12.3. The van der Waals surface area contributed by atoms with Gasteiger partial charge in [0.25, 0.3) is 11.8 Å². The van der Waals surface area contributed by atoms with E-state index in [9.17, 15) is 19.2 Å². The molecule has 3 rings (SSSR count). The Morgan fingerprint density at radius 3 is 2.54 bits per heavy atom. The number of fused-ring (bicyclic) bond motifs is 1. The second-order valence-corrected chi connectivity index (χ2v) is 6.97. The van der Waals surface area contributed by atoms with Crippen molar-refractivity contribution in [3.8, 4) is 0 Å². The standard InChI is InChI=1S/C19H23N3O4/c1-10-7-8-12-14(9-10)19(26)22(18(12)25)11(2)16(23)21-15-6-4-5-13(15)17(24)20-3/h7-9,11,13,15H,4-6H2,1-3H3,(H,20,24)(H,21,23). The summed E-state index contributed by atoms with van der Waals surface area (Å²) in [6.45, 7) is 3.38. The number of aryl methyl sites for hydroxylation is 1. The lowest BCUT2D eigenvalue weighted by atomic mass is 10.0. The molecule has 2 N–H and O–H groups in total. The van der Waals surface area contributed by atoms with Crippen molar-refractivity contribution in [2.45, 2.75) is 45.2 Å². The SMILES string of the molecule is CNC(=O)C1CCCC1NC(=O)C(C)N1C(=O)c2ccc(C)cc2C1=O. The summed E-state index contributed by atoms with van der Waals surface area (Å²) in [7, 11) is 1.57. The Morgan fingerprint density at radius 1 is 1.15 bits per heavy atom. The van der Waals surface area contributed by atoms with Gasteiger partial charge < -0.3 is 10.6 Å². The summed E-state index contributed by atoms with van der Waals surface area (Å²) in [5.41, 5.74) is 1.53. The van der Waals surface area contributed by atoms with Crippen molar-refractivity contribution in [1.82, 2.24) is 15.5 Å². The van der Waals surface area contributed by atoms with Crippen LogP contribution in [0.4, 0.5) is 0 Å². The third-order valence-corrected chi connectivity index (χ3v) is 5.27. The van der Waals surface area contributed by atoms with Gasteiger partial charge in [-0.2, -0.15) is 0 Å². The first-order valence-corrected chi connectivity index (χ1v) is 8.85. The fourth-order valence-electron chi connectivity index (χ4n) is 3.78. The fourth-order valence-corrected chi connectivity index (χ4v) is 3.78. The van der Waals surface area contributed by atoms with Gasteiger partial charge in [0.1, 0.15) is 6.04 Å². The molecule has 0 bridgehead atoms. The molecule has 0 aromatic heterocycles. The van der Waals surface area contributed by atoms with Crippen LogP contribution in [0.3, 0.4) is 0 Å². The number of carbonyl (C=O) groups excluding carboxylic acids is 4. The molecule has 0 saturated heterocycles. The summed E-state index contributed by atoms with van der Waals surface area (Å²) in [6, 6.07) is 3.84. The van der Waals surface area contributed by atoms with Crippen LogP contribution in [-0.2, 0) is 9.59 Å². The number of rotatable bonds is 4. The van der Waals surface area contributed by atoms with Crippen molar-refractivity contribution in [2.75, 3.05) is 7.05 Å². The highest BCUT2D eigenvalue weighted by atomic mass is 16.2. The number of imide groups is 1. The molecule has 1 heterocycles. The maximum Gasteiger partial charge on any atom is 0.262 e. The molecule has 1 saturated carbocycles. The highest BCUT2D eigenvalue weighted by Crippen LogP contribution is 2.28. The van der Waals surface area contributed by atoms with Crippen LogP contribution in [0.5, 0.6) is 0 Å². The molecule has 4 amide bonds. The Kier molecular flexibility index (Phi) is 4.80. The topological polar surface area (TPSA) is 95.6 Å². The summed E-state index contributed by atoms with van der Waals surface area (Å²) in [6.07, 6.45) is 2.27. The van der Waals surface area contributed by atoms with E-state index in [-0.39, 0.29) is 17.9 Å². The molecule has 1 aromatic carbocycles. The van der Waals surface area contributed by atoms with E-state index in [2.05, 4.69) is 10.6 Å². The predicted octanol–water partition coefficient (Wildman–Crippen LogP) is 1.01. The lowest BCUT2D eigenvalue weighted by molar-refractivity contribution is -0.127. The van der Waals surface area contributed by atoms with Crippen molar-refractivity contribution >= 4 is 23.6 Å². The second-order valence-electron chi connectivity index (χ2n) is 6.97. The molecular weight excluding hydrogens is 334 g/mol. The van der Waals surface area contributed by atoms with Gasteiger partial charge in [0.2, 0.25) is 11.8 Å². The third kappa shape index (κ3) is 2.98. The van der Waals surface area contributed by atoms with Gasteiger partial charge in [-0.25, -0.2) is 0 Å². The van der Waals surface area contributed by atoms with E-state index in [0.717, 1.165) is 16.9 Å². The zero-order chi connectivity index (χ0) is 19.0. The normalized spacial score (nSPS) is 23.0. The number of nitrogens with one attached hydrogen (secondary N) is 2. The van der Waals surface area contributed by atoms with Gasteiger partial charge in [0, 0.05) is 13.1 Å². The largest absolute Gasteiger partial charge is 0.359 e. The zero-order valence-corrected chi connectivity index (χ0v) is 15.2. The molecule has 1 fully saturated rings. The smallest absolute Gasteiger partial charge is 0.262 e. The number of amides is 4. The monoisotopic (exact) mass is 357 g/mol. The lowest BCUT2D eigenvalue weighted by Gasteiger charge is -2.25. The van der Waals surface area contributed by atoms with Gasteiger partial charge in [0.15, 0.2) is 0 Å². The summed E-state index contributed by atoms with van der Waals surface area (Å²) in [4.78, 5) is 50.8. The fraction of sp³-hybridized carbons (Fsp3) is 0.474.